The predicted molar refractivity (Wildman–Crippen MR) is 87.4 cm³/mol. The summed E-state index contributed by atoms with van der Waals surface area (Å²) in [5.41, 5.74) is 2.10. The largest absolute Gasteiger partial charge is 0.496 e. The smallest absolute Gasteiger partial charge is 0.255 e. The molecule has 0 amide bonds. The van der Waals surface area contributed by atoms with Gasteiger partial charge >= 0.3 is 0 Å². The van der Waals surface area contributed by atoms with Crippen molar-refractivity contribution in [2.24, 2.45) is 0 Å². The van der Waals surface area contributed by atoms with E-state index >= 15 is 0 Å². The number of aromatic amines is 1. The highest BCUT2D eigenvalue weighted by atomic mass is 16.5. The number of nitrogens with one attached hydrogen (secondary N) is 1. The molecule has 0 radical (unpaired) electrons. The molecule has 0 unspecified atom stereocenters. The van der Waals surface area contributed by atoms with Crippen LogP contribution in [0.1, 0.15) is 19.4 Å². The lowest BCUT2D eigenvalue weighted by atomic mass is 10.1. The first-order valence-electron chi connectivity index (χ1n) is 7.00. The third-order valence-electron chi connectivity index (χ3n) is 3.50. The van der Waals surface area contributed by atoms with E-state index < -0.39 is 0 Å². The number of benzene rings is 1. The first kappa shape index (κ1) is 15.9. The Hall–Kier alpha value is -2.43. The second-order valence-corrected chi connectivity index (χ2v) is 5.17. The Morgan fingerprint density at radius 1 is 1.09 bits per heavy atom. The van der Waals surface area contributed by atoms with Gasteiger partial charge in [-0.15, -0.1) is 0 Å². The molecule has 0 fully saturated rings. The number of rotatable bonds is 5. The van der Waals surface area contributed by atoms with Gasteiger partial charge in [0.1, 0.15) is 17.2 Å². The Kier molecular flexibility index (Phi) is 4.75. The lowest BCUT2D eigenvalue weighted by Gasteiger charge is -2.15. The fourth-order valence-electron chi connectivity index (χ4n) is 2.41. The number of hydrogen-bond donors (Lipinski definition) is 1. The van der Waals surface area contributed by atoms with E-state index in [1.165, 1.54) is 0 Å². The van der Waals surface area contributed by atoms with E-state index in [0.29, 0.717) is 40.1 Å². The predicted octanol–water partition coefficient (Wildman–Crippen LogP) is 3.06. The van der Waals surface area contributed by atoms with Crippen LogP contribution < -0.4 is 19.8 Å². The Balaban J connectivity index is 2.86. The van der Waals surface area contributed by atoms with Gasteiger partial charge in [0.2, 0.25) is 0 Å². The number of allylic oxidation sites excluding steroid dienone is 2. The van der Waals surface area contributed by atoms with E-state index in [1.807, 2.05) is 19.9 Å². The van der Waals surface area contributed by atoms with Gasteiger partial charge in [0.25, 0.3) is 5.56 Å². The van der Waals surface area contributed by atoms with Gasteiger partial charge in [-0.05, 0) is 32.4 Å². The maximum absolute atomic E-state index is 12.4. The van der Waals surface area contributed by atoms with Crippen LogP contribution >= 0.6 is 0 Å². The summed E-state index contributed by atoms with van der Waals surface area (Å²) in [7, 11) is 4.70. The van der Waals surface area contributed by atoms with Crippen LogP contribution in [0.3, 0.4) is 0 Å². The standard InChI is InChI=1S/C17H21NO4/c1-10(2)6-7-11-16(22-5)14-12(20-3)8-9-13(21-4)15(14)18-17(11)19/h6,8-9H,7H2,1-5H3,(H,18,19). The van der Waals surface area contributed by atoms with Gasteiger partial charge in [0.15, 0.2) is 0 Å². The van der Waals surface area contributed by atoms with Crippen molar-refractivity contribution in [3.63, 3.8) is 0 Å². The van der Waals surface area contributed by atoms with Crippen molar-refractivity contribution in [1.29, 1.82) is 0 Å². The van der Waals surface area contributed by atoms with Crippen molar-refractivity contribution < 1.29 is 14.2 Å². The van der Waals surface area contributed by atoms with Crippen LogP contribution in [0, 0.1) is 0 Å². The van der Waals surface area contributed by atoms with E-state index in [4.69, 9.17) is 14.2 Å². The number of H-pyrrole nitrogens is 1. The third-order valence-corrected chi connectivity index (χ3v) is 3.50. The third kappa shape index (κ3) is 2.79. The molecule has 1 aromatic carbocycles. The number of aromatic nitrogens is 1. The van der Waals surface area contributed by atoms with Crippen molar-refractivity contribution in [2.75, 3.05) is 21.3 Å². The first-order chi connectivity index (χ1) is 10.5. The molecule has 5 heteroatoms. The lowest BCUT2D eigenvalue weighted by molar-refractivity contribution is 0.397. The summed E-state index contributed by atoms with van der Waals surface area (Å²) in [6, 6.07) is 3.55. The van der Waals surface area contributed by atoms with Crippen molar-refractivity contribution in [2.45, 2.75) is 20.3 Å². The minimum Gasteiger partial charge on any atom is -0.496 e. The average molecular weight is 303 g/mol. The molecule has 22 heavy (non-hydrogen) atoms. The average Bonchev–Trinajstić information content (AvgIpc) is 2.51. The highest BCUT2D eigenvalue weighted by molar-refractivity contribution is 5.95. The molecule has 1 N–H and O–H groups in total. The molecule has 2 rings (SSSR count). The quantitative estimate of drug-likeness (QED) is 0.862. The van der Waals surface area contributed by atoms with Gasteiger partial charge in [-0.25, -0.2) is 0 Å². The van der Waals surface area contributed by atoms with Crippen LogP contribution in [-0.4, -0.2) is 26.3 Å². The molecule has 2 aromatic rings. The molecule has 0 aliphatic rings. The molecule has 0 saturated carbocycles. The van der Waals surface area contributed by atoms with Crippen LogP contribution in [0.25, 0.3) is 10.9 Å². The second-order valence-electron chi connectivity index (χ2n) is 5.17. The lowest BCUT2D eigenvalue weighted by Crippen LogP contribution is -2.15. The fourth-order valence-corrected chi connectivity index (χ4v) is 2.41. The van der Waals surface area contributed by atoms with E-state index in [9.17, 15) is 4.79 Å². The number of fused-ring (bicyclic) bond motifs is 1. The Morgan fingerprint density at radius 2 is 1.73 bits per heavy atom. The summed E-state index contributed by atoms with van der Waals surface area (Å²) in [5.74, 6) is 1.72. The van der Waals surface area contributed by atoms with Crippen molar-refractivity contribution in [3.05, 3.63) is 39.7 Å². The second kappa shape index (κ2) is 6.56. The zero-order valence-corrected chi connectivity index (χ0v) is 13.6. The molecule has 0 atom stereocenters. The summed E-state index contributed by atoms with van der Waals surface area (Å²) >= 11 is 0. The van der Waals surface area contributed by atoms with E-state index in [2.05, 4.69) is 4.98 Å². The molecule has 0 aliphatic carbocycles. The first-order valence-corrected chi connectivity index (χ1v) is 7.00. The monoisotopic (exact) mass is 303 g/mol. The molecule has 118 valence electrons. The number of hydrogen-bond acceptors (Lipinski definition) is 4. The summed E-state index contributed by atoms with van der Waals surface area (Å²) < 4.78 is 16.3. The summed E-state index contributed by atoms with van der Waals surface area (Å²) in [6.45, 7) is 3.98. The van der Waals surface area contributed by atoms with Crippen molar-refractivity contribution >= 4 is 10.9 Å². The fraction of sp³-hybridized carbons (Fsp3) is 0.353. The zero-order valence-electron chi connectivity index (χ0n) is 13.6. The van der Waals surface area contributed by atoms with E-state index in [-0.39, 0.29) is 5.56 Å². The maximum Gasteiger partial charge on any atom is 0.255 e. The SMILES string of the molecule is COc1ccc(OC)c2c(OC)c(CC=C(C)C)c(=O)[nH]c12. The normalized spacial score (nSPS) is 10.4. The minimum atomic E-state index is -0.187. The van der Waals surface area contributed by atoms with Crippen LogP contribution in [0.15, 0.2) is 28.6 Å². The number of ether oxygens (including phenoxy) is 3. The van der Waals surface area contributed by atoms with Crippen LogP contribution in [0.2, 0.25) is 0 Å². The van der Waals surface area contributed by atoms with E-state index in [1.54, 1.807) is 33.5 Å². The van der Waals surface area contributed by atoms with Gasteiger partial charge in [0, 0.05) is 0 Å². The Labute approximate surface area is 129 Å². The van der Waals surface area contributed by atoms with Gasteiger partial charge in [0.05, 0.1) is 37.8 Å². The molecule has 0 spiro atoms. The summed E-state index contributed by atoms with van der Waals surface area (Å²) in [5, 5.41) is 0.709. The van der Waals surface area contributed by atoms with Crippen LogP contribution in [0.5, 0.6) is 17.2 Å². The minimum absolute atomic E-state index is 0.187. The maximum atomic E-state index is 12.4. The Morgan fingerprint density at radius 3 is 2.27 bits per heavy atom. The summed E-state index contributed by atoms with van der Waals surface area (Å²) in [6.07, 6.45) is 2.49. The zero-order chi connectivity index (χ0) is 16.3. The molecule has 0 saturated heterocycles. The molecule has 0 bridgehead atoms. The molecule has 1 aromatic heterocycles. The van der Waals surface area contributed by atoms with Gasteiger partial charge in [-0.1, -0.05) is 11.6 Å². The summed E-state index contributed by atoms with van der Waals surface area (Å²) in [4.78, 5) is 15.3. The van der Waals surface area contributed by atoms with Gasteiger partial charge in [-0.2, -0.15) is 0 Å². The highest BCUT2D eigenvalue weighted by Gasteiger charge is 2.18. The molecule has 0 aliphatic heterocycles. The van der Waals surface area contributed by atoms with Gasteiger partial charge in [-0.3, -0.25) is 4.79 Å². The van der Waals surface area contributed by atoms with Crippen molar-refractivity contribution in [1.82, 2.24) is 4.98 Å². The van der Waals surface area contributed by atoms with Crippen molar-refractivity contribution in [3.8, 4) is 17.2 Å². The van der Waals surface area contributed by atoms with E-state index in [0.717, 1.165) is 5.57 Å². The molecule has 1 heterocycles. The van der Waals surface area contributed by atoms with Crippen LogP contribution in [0.4, 0.5) is 0 Å². The molecular formula is C17H21NO4. The topological polar surface area (TPSA) is 60.6 Å². The Bertz CT molecular complexity index is 770. The molecular weight excluding hydrogens is 282 g/mol. The highest BCUT2D eigenvalue weighted by Crippen LogP contribution is 2.38. The van der Waals surface area contributed by atoms with Crippen LogP contribution in [-0.2, 0) is 6.42 Å². The number of pyridine rings is 1. The number of methoxy groups -OCH3 is 3. The van der Waals surface area contributed by atoms with Gasteiger partial charge < -0.3 is 19.2 Å². The molecule has 5 nitrogen and oxygen atoms in total.